The fraction of sp³-hybridized carbons (Fsp3) is 0.600. The number of carbonyl (C=O) groups is 1. The molecule has 82 valence electrons. The molecule has 0 saturated heterocycles. The average molecular weight is 209 g/mol. The van der Waals surface area contributed by atoms with Crippen LogP contribution in [0.2, 0.25) is 0 Å². The summed E-state index contributed by atoms with van der Waals surface area (Å²) in [6.45, 7) is 2.78. The van der Waals surface area contributed by atoms with Crippen LogP contribution < -0.4 is 5.73 Å². The molecule has 1 aromatic rings. The number of rotatable bonds is 4. The Morgan fingerprint density at radius 3 is 2.87 bits per heavy atom. The van der Waals surface area contributed by atoms with Crippen molar-refractivity contribution in [2.45, 2.75) is 37.8 Å². The Morgan fingerprint density at radius 2 is 2.47 bits per heavy atom. The van der Waals surface area contributed by atoms with Crippen LogP contribution in [-0.4, -0.2) is 26.9 Å². The molecule has 0 bridgehead atoms. The van der Waals surface area contributed by atoms with Crippen molar-refractivity contribution >= 4 is 5.97 Å². The Labute approximate surface area is 87.9 Å². The Hall–Kier alpha value is -1.36. The van der Waals surface area contributed by atoms with Gasteiger partial charge in [0.1, 0.15) is 6.04 Å². The van der Waals surface area contributed by atoms with Gasteiger partial charge in [0.15, 0.2) is 0 Å². The molecule has 1 aliphatic rings. The molecule has 1 saturated carbocycles. The van der Waals surface area contributed by atoms with Crippen molar-refractivity contribution in [1.82, 2.24) is 9.78 Å². The van der Waals surface area contributed by atoms with Gasteiger partial charge in [0.2, 0.25) is 0 Å². The van der Waals surface area contributed by atoms with Crippen LogP contribution in [0, 0.1) is 0 Å². The highest BCUT2D eigenvalue weighted by molar-refractivity contribution is 5.76. The molecule has 1 fully saturated rings. The number of hydrogen-bond donors (Lipinski definition) is 2. The fourth-order valence-corrected chi connectivity index (χ4v) is 1.90. The second kappa shape index (κ2) is 3.34. The summed E-state index contributed by atoms with van der Waals surface area (Å²) in [5.41, 5.74) is 6.10. The lowest BCUT2D eigenvalue weighted by Gasteiger charge is -2.16. The molecule has 5 heteroatoms. The van der Waals surface area contributed by atoms with Gasteiger partial charge in [-0.2, -0.15) is 5.10 Å². The Bertz CT molecular complexity index is 382. The standard InChI is InChI=1S/C10H15N3O2/c1-2-13-6-3-7(12-13)10(4-5-10)8(11)9(14)15/h3,6,8H,2,4-5,11H2,1H3,(H,14,15). The number of carboxylic acid groups (broad SMARTS) is 1. The molecule has 0 amide bonds. The van der Waals surface area contributed by atoms with Crippen molar-refractivity contribution in [3.63, 3.8) is 0 Å². The number of hydrogen-bond acceptors (Lipinski definition) is 3. The second-order valence-electron chi connectivity index (χ2n) is 4.03. The average Bonchev–Trinajstić information content (AvgIpc) is 2.88. The van der Waals surface area contributed by atoms with Crippen molar-refractivity contribution in [1.29, 1.82) is 0 Å². The first-order valence-electron chi connectivity index (χ1n) is 5.12. The van der Waals surface area contributed by atoms with Gasteiger partial charge in [-0.05, 0) is 25.8 Å². The smallest absolute Gasteiger partial charge is 0.321 e. The minimum Gasteiger partial charge on any atom is -0.480 e. The van der Waals surface area contributed by atoms with Crippen molar-refractivity contribution in [3.8, 4) is 0 Å². The van der Waals surface area contributed by atoms with E-state index in [2.05, 4.69) is 5.10 Å². The van der Waals surface area contributed by atoms with Crippen LogP contribution in [0.4, 0.5) is 0 Å². The summed E-state index contributed by atoms with van der Waals surface area (Å²) in [4.78, 5) is 10.9. The molecule has 1 atom stereocenters. The lowest BCUT2D eigenvalue weighted by Crippen LogP contribution is -2.42. The van der Waals surface area contributed by atoms with E-state index in [9.17, 15) is 4.79 Å². The molecule has 1 aromatic heterocycles. The van der Waals surface area contributed by atoms with Gasteiger partial charge >= 0.3 is 5.97 Å². The highest BCUT2D eigenvalue weighted by Gasteiger charge is 2.54. The second-order valence-corrected chi connectivity index (χ2v) is 4.03. The van der Waals surface area contributed by atoms with Gasteiger partial charge in [0, 0.05) is 18.2 Å². The summed E-state index contributed by atoms with van der Waals surface area (Å²) in [6, 6.07) is 1.04. The van der Waals surface area contributed by atoms with E-state index in [4.69, 9.17) is 10.8 Å². The first kappa shape index (κ1) is 10.2. The van der Waals surface area contributed by atoms with Crippen molar-refractivity contribution in [3.05, 3.63) is 18.0 Å². The van der Waals surface area contributed by atoms with Gasteiger partial charge in [0.25, 0.3) is 0 Å². The molecule has 1 heterocycles. The molecular weight excluding hydrogens is 194 g/mol. The topological polar surface area (TPSA) is 81.1 Å². The number of nitrogens with two attached hydrogens (primary N) is 1. The maximum Gasteiger partial charge on any atom is 0.321 e. The minimum atomic E-state index is -0.946. The van der Waals surface area contributed by atoms with Crippen LogP contribution in [0.1, 0.15) is 25.5 Å². The molecule has 5 nitrogen and oxygen atoms in total. The third kappa shape index (κ3) is 1.52. The molecule has 0 spiro atoms. The fourth-order valence-electron chi connectivity index (χ4n) is 1.90. The van der Waals surface area contributed by atoms with Crippen LogP contribution >= 0.6 is 0 Å². The quantitative estimate of drug-likeness (QED) is 0.749. The van der Waals surface area contributed by atoms with Gasteiger partial charge in [-0.3, -0.25) is 9.48 Å². The third-order valence-corrected chi connectivity index (χ3v) is 3.12. The molecule has 0 aliphatic heterocycles. The number of aliphatic carboxylic acids is 1. The number of nitrogens with zero attached hydrogens (tertiary/aromatic N) is 2. The van der Waals surface area contributed by atoms with Crippen LogP contribution in [0.25, 0.3) is 0 Å². The zero-order valence-electron chi connectivity index (χ0n) is 8.68. The van der Waals surface area contributed by atoms with Crippen molar-refractivity contribution < 1.29 is 9.90 Å². The number of aromatic nitrogens is 2. The normalized spacial score (nSPS) is 19.9. The van der Waals surface area contributed by atoms with E-state index in [1.165, 1.54) is 0 Å². The summed E-state index contributed by atoms with van der Waals surface area (Å²) < 4.78 is 1.80. The summed E-state index contributed by atoms with van der Waals surface area (Å²) in [5, 5.41) is 13.3. The molecule has 2 rings (SSSR count). The maximum absolute atomic E-state index is 10.9. The zero-order valence-corrected chi connectivity index (χ0v) is 8.68. The summed E-state index contributed by atoms with van der Waals surface area (Å²) >= 11 is 0. The van der Waals surface area contributed by atoms with E-state index in [1.807, 2.05) is 19.2 Å². The van der Waals surface area contributed by atoms with E-state index in [0.29, 0.717) is 0 Å². The number of carboxylic acids is 1. The lowest BCUT2D eigenvalue weighted by molar-refractivity contribution is -0.139. The molecule has 1 unspecified atom stereocenters. The van der Waals surface area contributed by atoms with Gasteiger partial charge in [0.05, 0.1) is 5.69 Å². The highest BCUT2D eigenvalue weighted by atomic mass is 16.4. The maximum atomic E-state index is 10.9. The summed E-state index contributed by atoms with van der Waals surface area (Å²) in [5.74, 6) is -0.946. The first-order valence-corrected chi connectivity index (χ1v) is 5.12. The first-order chi connectivity index (χ1) is 7.10. The van der Waals surface area contributed by atoms with Crippen LogP contribution in [-0.2, 0) is 16.8 Å². The van der Waals surface area contributed by atoms with Gasteiger partial charge in [-0.1, -0.05) is 0 Å². The van der Waals surface area contributed by atoms with Crippen LogP contribution in [0.15, 0.2) is 12.3 Å². The van der Waals surface area contributed by atoms with Crippen molar-refractivity contribution in [2.24, 2.45) is 5.73 Å². The van der Waals surface area contributed by atoms with Crippen LogP contribution in [0.5, 0.6) is 0 Å². The monoisotopic (exact) mass is 209 g/mol. The minimum absolute atomic E-state index is 0.410. The Morgan fingerprint density at radius 1 is 1.80 bits per heavy atom. The molecule has 3 N–H and O–H groups in total. The van der Waals surface area contributed by atoms with E-state index >= 15 is 0 Å². The predicted molar refractivity (Wildman–Crippen MR) is 54.4 cm³/mol. The third-order valence-electron chi connectivity index (χ3n) is 3.12. The SMILES string of the molecule is CCn1ccc(C2(C(N)C(=O)O)CC2)n1. The zero-order chi connectivity index (χ0) is 11.1. The number of aryl methyl sites for hydroxylation is 1. The molecule has 0 radical (unpaired) electrons. The predicted octanol–water partition coefficient (Wildman–Crippen LogP) is 0.346. The van der Waals surface area contributed by atoms with E-state index in [-0.39, 0.29) is 0 Å². The Balaban J connectivity index is 2.26. The largest absolute Gasteiger partial charge is 0.480 e. The molecule has 1 aliphatic carbocycles. The molecular formula is C10H15N3O2. The van der Waals surface area contributed by atoms with Crippen molar-refractivity contribution in [2.75, 3.05) is 0 Å². The van der Waals surface area contributed by atoms with Gasteiger partial charge in [-0.15, -0.1) is 0 Å². The lowest BCUT2D eigenvalue weighted by atomic mass is 9.93. The van der Waals surface area contributed by atoms with Gasteiger partial charge < -0.3 is 10.8 Å². The van der Waals surface area contributed by atoms with Gasteiger partial charge in [-0.25, -0.2) is 0 Å². The van der Waals surface area contributed by atoms with E-state index in [0.717, 1.165) is 25.1 Å². The highest BCUT2D eigenvalue weighted by Crippen LogP contribution is 2.49. The summed E-state index contributed by atoms with van der Waals surface area (Å²) in [7, 11) is 0. The van der Waals surface area contributed by atoms with Crippen LogP contribution in [0.3, 0.4) is 0 Å². The molecule has 0 aromatic carbocycles. The van der Waals surface area contributed by atoms with E-state index in [1.54, 1.807) is 4.68 Å². The molecule has 15 heavy (non-hydrogen) atoms. The van der Waals surface area contributed by atoms with E-state index < -0.39 is 17.4 Å². The summed E-state index contributed by atoms with van der Waals surface area (Å²) in [6.07, 6.45) is 3.51. The Kier molecular flexibility index (Phi) is 2.26.